The van der Waals surface area contributed by atoms with E-state index < -0.39 is 0 Å². The second-order valence-electron chi connectivity index (χ2n) is 2.96. The fourth-order valence-corrected chi connectivity index (χ4v) is 1.08. The predicted octanol–water partition coefficient (Wildman–Crippen LogP) is 0.00182. The molecule has 0 amide bonds. The summed E-state index contributed by atoms with van der Waals surface area (Å²) in [5.41, 5.74) is 0. The zero-order chi connectivity index (χ0) is 8.43. The van der Waals surface area contributed by atoms with Crippen LogP contribution in [0.1, 0.15) is 12.7 Å². The summed E-state index contributed by atoms with van der Waals surface area (Å²) in [5.74, 6) is 1.16. The first kappa shape index (κ1) is 8.27. The average molecular weight is 155 g/mol. The first-order chi connectivity index (χ1) is 5.11. The number of aliphatic hydroxyl groups excluding tert-OH is 1. The first-order valence-electron chi connectivity index (χ1n) is 3.80. The van der Waals surface area contributed by atoms with Crippen LogP contribution in [0, 0.1) is 6.92 Å². The highest BCUT2D eigenvalue weighted by Crippen LogP contribution is 1.94. The molecule has 11 heavy (non-hydrogen) atoms. The second kappa shape index (κ2) is 3.05. The Hall–Kier alpha value is -0.830. The van der Waals surface area contributed by atoms with E-state index in [1.165, 1.54) is 0 Å². The van der Waals surface area contributed by atoms with E-state index in [9.17, 15) is 0 Å². The summed E-state index contributed by atoms with van der Waals surface area (Å²) < 4.78 is 4.06. The highest BCUT2D eigenvalue weighted by molar-refractivity contribution is 4.79. The summed E-state index contributed by atoms with van der Waals surface area (Å²) in [5, 5.41) is 9.11. The monoisotopic (exact) mass is 155 g/mol. The Kier molecular flexibility index (Phi) is 2.29. The number of aromatic nitrogens is 2. The normalized spacial score (nSPS) is 13.5. The molecule has 0 bridgehead atoms. The van der Waals surface area contributed by atoms with Gasteiger partial charge in [0.05, 0.1) is 13.2 Å². The molecule has 1 N–H and O–H groups in total. The molecule has 0 saturated heterocycles. The molecule has 3 nitrogen and oxygen atoms in total. The van der Waals surface area contributed by atoms with Crippen LogP contribution in [0.15, 0.2) is 12.4 Å². The van der Waals surface area contributed by atoms with Crippen LogP contribution in [0.25, 0.3) is 0 Å². The largest absolute Gasteiger partial charge is 0.389 e. The van der Waals surface area contributed by atoms with Gasteiger partial charge in [0, 0.05) is 6.92 Å². The summed E-state index contributed by atoms with van der Waals surface area (Å²) in [4.78, 5) is 0. The maximum atomic E-state index is 9.11. The van der Waals surface area contributed by atoms with Crippen molar-refractivity contribution in [2.24, 2.45) is 7.05 Å². The fraction of sp³-hybridized carbons (Fsp3) is 0.625. The minimum atomic E-state index is -0.277. The molecule has 1 atom stereocenters. The molecular weight excluding hydrogens is 140 g/mol. The SMILES string of the molecule is Cc1n(CC(C)O)cc[n+]1C. The van der Waals surface area contributed by atoms with Gasteiger partial charge in [0.2, 0.25) is 0 Å². The van der Waals surface area contributed by atoms with E-state index in [0.717, 1.165) is 5.82 Å². The topological polar surface area (TPSA) is 29.0 Å². The zero-order valence-corrected chi connectivity index (χ0v) is 7.28. The summed E-state index contributed by atoms with van der Waals surface area (Å²) in [6.07, 6.45) is 3.68. The molecule has 0 fully saturated rings. The van der Waals surface area contributed by atoms with Crippen LogP contribution in [0.2, 0.25) is 0 Å². The van der Waals surface area contributed by atoms with E-state index in [1.54, 1.807) is 6.92 Å². The van der Waals surface area contributed by atoms with Crippen molar-refractivity contribution in [1.29, 1.82) is 0 Å². The van der Waals surface area contributed by atoms with Gasteiger partial charge in [0.15, 0.2) is 0 Å². The predicted molar refractivity (Wildman–Crippen MR) is 42.0 cm³/mol. The van der Waals surface area contributed by atoms with Crippen molar-refractivity contribution in [3.63, 3.8) is 0 Å². The van der Waals surface area contributed by atoms with Gasteiger partial charge in [-0.2, -0.15) is 0 Å². The molecule has 1 aromatic heterocycles. The van der Waals surface area contributed by atoms with E-state index in [1.807, 2.05) is 35.5 Å². The lowest BCUT2D eigenvalue weighted by atomic mass is 10.4. The van der Waals surface area contributed by atoms with Crippen molar-refractivity contribution in [2.75, 3.05) is 0 Å². The number of hydrogen-bond donors (Lipinski definition) is 1. The van der Waals surface area contributed by atoms with Crippen LogP contribution in [0.4, 0.5) is 0 Å². The number of imidazole rings is 1. The van der Waals surface area contributed by atoms with Gasteiger partial charge in [0.1, 0.15) is 18.9 Å². The van der Waals surface area contributed by atoms with Crippen molar-refractivity contribution >= 4 is 0 Å². The lowest BCUT2D eigenvalue weighted by molar-refractivity contribution is -0.677. The van der Waals surface area contributed by atoms with Crippen molar-refractivity contribution < 1.29 is 9.67 Å². The smallest absolute Gasteiger partial charge is 0.253 e. The van der Waals surface area contributed by atoms with Crippen LogP contribution in [-0.2, 0) is 13.6 Å². The quantitative estimate of drug-likeness (QED) is 0.598. The third-order valence-electron chi connectivity index (χ3n) is 1.86. The molecule has 0 spiro atoms. The highest BCUT2D eigenvalue weighted by atomic mass is 16.3. The summed E-state index contributed by atoms with van der Waals surface area (Å²) in [6, 6.07) is 0. The van der Waals surface area contributed by atoms with Crippen LogP contribution in [-0.4, -0.2) is 15.8 Å². The summed E-state index contributed by atoms with van der Waals surface area (Å²) >= 11 is 0. The van der Waals surface area contributed by atoms with Gasteiger partial charge in [-0.25, -0.2) is 9.13 Å². The van der Waals surface area contributed by atoms with E-state index >= 15 is 0 Å². The van der Waals surface area contributed by atoms with Gasteiger partial charge in [-0.05, 0) is 6.92 Å². The van der Waals surface area contributed by atoms with Gasteiger partial charge in [-0.15, -0.1) is 0 Å². The molecule has 0 radical (unpaired) electrons. The average Bonchev–Trinajstić information content (AvgIpc) is 2.18. The van der Waals surface area contributed by atoms with Crippen LogP contribution < -0.4 is 4.57 Å². The van der Waals surface area contributed by atoms with Gasteiger partial charge in [-0.1, -0.05) is 0 Å². The molecule has 0 aliphatic heterocycles. The molecule has 0 aromatic carbocycles. The van der Waals surface area contributed by atoms with E-state index in [2.05, 4.69) is 0 Å². The third-order valence-corrected chi connectivity index (χ3v) is 1.86. The Morgan fingerprint density at radius 3 is 2.73 bits per heavy atom. The molecule has 1 rings (SSSR count). The zero-order valence-electron chi connectivity index (χ0n) is 7.28. The Morgan fingerprint density at radius 2 is 2.36 bits per heavy atom. The standard InChI is InChI=1S/C8H15N2O/c1-7(11)6-10-5-4-9(3)8(10)2/h4-5,7,11H,6H2,1-3H3/q+1. The maximum Gasteiger partial charge on any atom is 0.253 e. The van der Waals surface area contributed by atoms with E-state index in [4.69, 9.17) is 5.11 Å². The summed E-state index contributed by atoms with van der Waals surface area (Å²) in [7, 11) is 1.99. The van der Waals surface area contributed by atoms with Gasteiger partial charge in [0.25, 0.3) is 5.82 Å². The molecule has 62 valence electrons. The van der Waals surface area contributed by atoms with Gasteiger partial charge >= 0.3 is 0 Å². The molecule has 1 heterocycles. The molecule has 0 aliphatic rings. The molecule has 1 aromatic rings. The highest BCUT2D eigenvalue weighted by Gasteiger charge is 2.09. The Balaban J connectivity index is 2.79. The first-order valence-corrected chi connectivity index (χ1v) is 3.80. The Morgan fingerprint density at radius 1 is 1.73 bits per heavy atom. The molecule has 0 saturated carbocycles. The molecular formula is C8H15N2O+. The van der Waals surface area contributed by atoms with Crippen molar-refractivity contribution in [1.82, 2.24) is 4.57 Å². The maximum absolute atomic E-state index is 9.11. The number of hydrogen-bond acceptors (Lipinski definition) is 1. The lowest BCUT2D eigenvalue weighted by Gasteiger charge is -2.00. The second-order valence-corrected chi connectivity index (χ2v) is 2.96. The minimum absolute atomic E-state index is 0.277. The number of aryl methyl sites for hydroxylation is 1. The molecule has 3 heteroatoms. The van der Waals surface area contributed by atoms with E-state index in [0.29, 0.717) is 6.54 Å². The van der Waals surface area contributed by atoms with Crippen LogP contribution >= 0.6 is 0 Å². The number of rotatable bonds is 2. The van der Waals surface area contributed by atoms with Crippen molar-refractivity contribution in [3.8, 4) is 0 Å². The molecule has 0 aliphatic carbocycles. The lowest BCUT2D eigenvalue weighted by Crippen LogP contribution is -2.30. The number of aliphatic hydroxyl groups is 1. The summed E-state index contributed by atoms with van der Waals surface area (Å²) in [6.45, 7) is 4.49. The Labute approximate surface area is 66.9 Å². The fourth-order valence-electron chi connectivity index (χ4n) is 1.08. The van der Waals surface area contributed by atoms with Crippen LogP contribution in [0.5, 0.6) is 0 Å². The van der Waals surface area contributed by atoms with Crippen molar-refractivity contribution in [2.45, 2.75) is 26.5 Å². The van der Waals surface area contributed by atoms with Gasteiger partial charge < -0.3 is 5.11 Å². The third kappa shape index (κ3) is 1.80. The van der Waals surface area contributed by atoms with Crippen LogP contribution in [0.3, 0.4) is 0 Å². The Bertz CT molecular complexity index is 240. The minimum Gasteiger partial charge on any atom is -0.389 e. The van der Waals surface area contributed by atoms with Gasteiger partial charge in [-0.3, -0.25) is 0 Å². The van der Waals surface area contributed by atoms with E-state index in [-0.39, 0.29) is 6.10 Å². The molecule has 1 unspecified atom stereocenters. The number of nitrogens with zero attached hydrogens (tertiary/aromatic N) is 2. The van der Waals surface area contributed by atoms with Crippen molar-refractivity contribution in [3.05, 3.63) is 18.2 Å².